The summed E-state index contributed by atoms with van der Waals surface area (Å²) in [6.45, 7) is 0. The molecule has 6 heteroatoms. The van der Waals surface area contributed by atoms with Gasteiger partial charge in [-0.05, 0) is 12.8 Å². The van der Waals surface area contributed by atoms with Crippen molar-refractivity contribution in [3.05, 3.63) is 16.1 Å². The van der Waals surface area contributed by atoms with Crippen LogP contribution in [0.1, 0.15) is 33.0 Å². The zero-order valence-electron chi connectivity index (χ0n) is 7.19. The predicted octanol–water partition coefficient (Wildman–Crippen LogP) is 0.734. The Hall–Kier alpha value is -1.43. The molecule has 1 fully saturated rings. The Balaban J connectivity index is 2.17. The summed E-state index contributed by atoms with van der Waals surface area (Å²) in [5.41, 5.74) is 1.39. The number of carboxylic acids is 1. The van der Waals surface area contributed by atoms with Crippen LogP contribution in [0.25, 0.3) is 0 Å². The summed E-state index contributed by atoms with van der Waals surface area (Å²) in [4.78, 5) is 25.9. The fraction of sp³-hybridized carbons (Fsp3) is 0.375. The predicted molar refractivity (Wildman–Crippen MR) is 49.6 cm³/mol. The SMILES string of the molecule is O=C(NC1CC1)c1ncsc1C(=O)O. The van der Waals surface area contributed by atoms with Gasteiger partial charge in [-0.25, -0.2) is 9.78 Å². The van der Waals surface area contributed by atoms with Crippen LogP contribution in [-0.2, 0) is 0 Å². The number of carbonyl (C=O) groups excluding carboxylic acids is 1. The molecule has 2 rings (SSSR count). The maximum absolute atomic E-state index is 11.5. The van der Waals surface area contributed by atoms with Crippen molar-refractivity contribution in [3.63, 3.8) is 0 Å². The average Bonchev–Trinajstić information content (AvgIpc) is 2.81. The van der Waals surface area contributed by atoms with Crippen LogP contribution in [0.3, 0.4) is 0 Å². The van der Waals surface area contributed by atoms with E-state index in [0.29, 0.717) is 0 Å². The Morgan fingerprint density at radius 2 is 2.29 bits per heavy atom. The summed E-state index contributed by atoms with van der Waals surface area (Å²) in [7, 11) is 0. The lowest BCUT2D eigenvalue weighted by molar-refractivity contribution is 0.0696. The lowest BCUT2D eigenvalue weighted by atomic mass is 10.3. The monoisotopic (exact) mass is 212 g/mol. The number of aromatic nitrogens is 1. The molecule has 1 amide bonds. The van der Waals surface area contributed by atoms with E-state index in [0.717, 1.165) is 24.2 Å². The molecule has 0 spiro atoms. The van der Waals surface area contributed by atoms with Gasteiger partial charge in [0.2, 0.25) is 0 Å². The molecular formula is C8H8N2O3S. The van der Waals surface area contributed by atoms with Gasteiger partial charge in [0.15, 0.2) is 5.69 Å². The molecule has 5 nitrogen and oxygen atoms in total. The molecule has 0 aromatic carbocycles. The first-order chi connectivity index (χ1) is 6.68. The normalized spacial score (nSPS) is 15.1. The highest BCUT2D eigenvalue weighted by Crippen LogP contribution is 2.20. The van der Waals surface area contributed by atoms with Crippen molar-refractivity contribution < 1.29 is 14.7 Å². The summed E-state index contributed by atoms with van der Waals surface area (Å²) in [6.07, 6.45) is 1.94. The van der Waals surface area contributed by atoms with Gasteiger partial charge in [-0.1, -0.05) is 0 Å². The van der Waals surface area contributed by atoms with E-state index in [1.54, 1.807) is 0 Å². The minimum Gasteiger partial charge on any atom is -0.477 e. The van der Waals surface area contributed by atoms with E-state index in [-0.39, 0.29) is 22.5 Å². The zero-order chi connectivity index (χ0) is 10.1. The maximum atomic E-state index is 11.5. The fourth-order valence-electron chi connectivity index (χ4n) is 1.04. The minimum absolute atomic E-state index is 0.00292. The van der Waals surface area contributed by atoms with Gasteiger partial charge in [-0.2, -0.15) is 0 Å². The number of aromatic carboxylic acids is 1. The van der Waals surface area contributed by atoms with E-state index in [4.69, 9.17) is 5.11 Å². The largest absolute Gasteiger partial charge is 0.477 e. The first-order valence-corrected chi connectivity index (χ1v) is 5.04. The summed E-state index contributed by atoms with van der Waals surface area (Å²) < 4.78 is 0. The minimum atomic E-state index is -1.10. The number of rotatable bonds is 3. The second-order valence-corrected chi connectivity index (χ2v) is 3.94. The molecule has 74 valence electrons. The number of hydrogen-bond donors (Lipinski definition) is 2. The third-order valence-corrected chi connectivity index (χ3v) is 2.70. The molecule has 0 saturated heterocycles. The number of thiazole rings is 1. The van der Waals surface area contributed by atoms with Gasteiger partial charge in [0, 0.05) is 6.04 Å². The first kappa shape index (κ1) is 9.14. The molecule has 2 N–H and O–H groups in total. The molecular weight excluding hydrogens is 204 g/mol. The van der Waals surface area contributed by atoms with Gasteiger partial charge in [0.25, 0.3) is 5.91 Å². The fourth-order valence-corrected chi connectivity index (χ4v) is 1.66. The Kier molecular flexibility index (Phi) is 2.20. The highest BCUT2D eigenvalue weighted by atomic mass is 32.1. The molecule has 1 aliphatic carbocycles. The third kappa shape index (κ3) is 1.74. The van der Waals surface area contributed by atoms with Crippen molar-refractivity contribution >= 4 is 23.2 Å². The second kappa shape index (κ2) is 3.38. The molecule has 0 aliphatic heterocycles. The van der Waals surface area contributed by atoms with Gasteiger partial charge in [0.05, 0.1) is 5.51 Å². The number of nitrogens with one attached hydrogen (secondary N) is 1. The van der Waals surface area contributed by atoms with Crippen molar-refractivity contribution in [2.45, 2.75) is 18.9 Å². The quantitative estimate of drug-likeness (QED) is 0.774. The molecule has 0 bridgehead atoms. The number of hydrogen-bond acceptors (Lipinski definition) is 4. The molecule has 1 heterocycles. The van der Waals surface area contributed by atoms with Crippen molar-refractivity contribution in [2.24, 2.45) is 0 Å². The number of carbonyl (C=O) groups is 2. The topological polar surface area (TPSA) is 79.3 Å². The van der Waals surface area contributed by atoms with E-state index < -0.39 is 5.97 Å². The molecule has 1 aromatic heterocycles. The van der Waals surface area contributed by atoms with Crippen LogP contribution in [-0.4, -0.2) is 28.0 Å². The van der Waals surface area contributed by atoms with E-state index in [9.17, 15) is 9.59 Å². The smallest absolute Gasteiger partial charge is 0.348 e. The standard InChI is InChI=1S/C8H8N2O3S/c11-7(10-4-1-2-4)5-6(8(12)13)14-3-9-5/h3-4H,1-2H2,(H,10,11)(H,12,13). The highest BCUT2D eigenvalue weighted by molar-refractivity contribution is 7.12. The van der Waals surface area contributed by atoms with Crippen LogP contribution in [0.4, 0.5) is 0 Å². The van der Waals surface area contributed by atoms with Gasteiger partial charge < -0.3 is 10.4 Å². The molecule has 1 aromatic rings. The average molecular weight is 212 g/mol. The lowest BCUT2D eigenvalue weighted by Gasteiger charge is -2.00. The van der Waals surface area contributed by atoms with Crippen molar-refractivity contribution in [1.82, 2.24) is 10.3 Å². The molecule has 1 saturated carbocycles. The summed E-state index contributed by atoms with van der Waals surface area (Å²) >= 11 is 0.962. The third-order valence-electron chi connectivity index (χ3n) is 1.89. The van der Waals surface area contributed by atoms with Gasteiger partial charge in [0.1, 0.15) is 4.88 Å². The van der Waals surface area contributed by atoms with Crippen molar-refractivity contribution in [1.29, 1.82) is 0 Å². The molecule has 14 heavy (non-hydrogen) atoms. The molecule has 1 aliphatic rings. The van der Waals surface area contributed by atoms with Crippen LogP contribution < -0.4 is 5.32 Å². The molecule has 0 unspecified atom stereocenters. The Morgan fingerprint density at radius 3 is 2.86 bits per heavy atom. The molecule has 0 radical (unpaired) electrons. The summed E-state index contributed by atoms with van der Waals surface area (Å²) in [5.74, 6) is -1.49. The van der Waals surface area contributed by atoms with E-state index in [1.165, 1.54) is 5.51 Å². The summed E-state index contributed by atoms with van der Waals surface area (Å²) in [5, 5.41) is 11.4. The Labute approximate surface area is 83.8 Å². The molecule has 0 atom stereocenters. The van der Waals surface area contributed by atoms with Crippen molar-refractivity contribution in [2.75, 3.05) is 0 Å². The first-order valence-electron chi connectivity index (χ1n) is 4.16. The van der Waals surface area contributed by atoms with Crippen LogP contribution in [0.15, 0.2) is 5.51 Å². The van der Waals surface area contributed by atoms with E-state index in [1.807, 2.05) is 0 Å². The van der Waals surface area contributed by atoms with E-state index >= 15 is 0 Å². The Bertz CT molecular complexity index is 384. The summed E-state index contributed by atoms with van der Waals surface area (Å²) in [6, 6.07) is 0.214. The number of nitrogens with zero attached hydrogens (tertiary/aromatic N) is 1. The van der Waals surface area contributed by atoms with Gasteiger partial charge in [-0.3, -0.25) is 4.79 Å². The number of amides is 1. The van der Waals surface area contributed by atoms with Crippen LogP contribution in [0.5, 0.6) is 0 Å². The zero-order valence-corrected chi connectivity index (χ0v) is 8.00. The highest BCUT2D eigenvalue weighted by Gasteiger charge is 2.27. The van der Waals surface area contributed by atoms with Crippen LogP contribution >= 0.6 is 11.3 Å². The Morgan fingerprint density at radius 1 is 1.57 bits per heavy atom. The van der Waals surface area contributed by atoms with Crippen LogP contribution in [0.2, 0.25) is 0 Å². The van der Waals surface area contributed by atoms with Crippen molar-refractivity contribution in [3.8, 4) is 0 Å². The second-order valence-electron chi connectivity index (χ2n) is 3.08. The van der Waals surface area contributed by atoms with Gasteiger partial charge >= 0.3 is 5.97 Å². The van der Waals surface area contributed by atoms with Gasteiger partial charge in [-0.15, -0.1) is 11.3 Å². The lowest BCUT2D eigenvalue weighted by Crippen LogP contribution is -2.27. The van der Waals surface area contributed by atoms with Crippen LogP contribution in [0, 0.1) is 0 Å². The maximum Gasteiger partial charge on any atom is 0.348 e. The number of carboxylic acid groups (broad SMARTS) is 1. The van der Waals surface area contributed by atoms with E-state index in [2.05, 4.69) is 10.3 Å².